The molecule has 0 saturated heterocycles. The van der Waals surface area contributed by atoms with Gasteiger partial charge in [-0.25, -0.2) is 0 Å². The summed E-state index contributed by atoms with van der Waals surface area (Å²) < 4.78 is 11.8. The van der Waals surface area contributed by atoms with Gasteiger partial charge >= 0.3 is 0 Å². The molecule has 148 valence electrons. The summed E-state index contributed by atoms with van der Waals surface area (Å²) in [5.74, 6) is 0.623. The van der Waals surface area contributed by atoms with Gasteiger partial charge < -0.3 is 14.8 Å². The minimum absolute atomic E-state index is 0.114. The fourth-order valence-electron chi connectivity index (χ4n) is 2.93. The Balaban J connectivity index is 2.29. The number of carbonyl (C=O) groups excluding carboxylic acids is 1. The maximum Gasteiger partial charge on any atom is 0.256 e. The molecule has 0 fully saturated rings. The van der Waals surface area contributed by atoms with Crippen LogP contribution < -0.4 is 10.1 Å². The summed E-state index contributed by atoms with van der Waals surface area (Å²) in [6, 6.07) is 7.57. The molecule has 1 aromatic heterocycles. The Hall–Kier alpha value is -2.14. The molecule has 27 heavy (non-hydrogen) atoms. The second kappa shape index (κ2) is 10.3. The number of hydrogen-bond acceptors (Lipinski definition) is 4. The minimum Gasteiger partial charge on any atom is -0.491 e. The summed E-state index contributed by atoms with van der Waals surface area (Å²) in [6.07, 6.45) is 6.21. The Kier molecular flexibility index (Phi) is 8.04. The lowest BCUT2D eigenvalue weighted by Crippen LogP contribution is -2.43. The van der Waals surface area contributed by atoms with Gasteiger partial charge in [-0.05, 0) is 50.5 Å². The highest BCUT2D eigenvalue weighted by molar-refractivity contribution is 6.05. The maximum atomic E-state index is 13.1. The van der Waals surface area contributed by atoms with Crippen LogP contribution >= 0.6 is 0 Å². The number of amides is 1. The van der Waals surface area contributed by atoms with Crippen LogP contribution in [0.1, 0.15) is 59.8 Å². The van der Waals surface area contributed by atoms with Crippen LogP contribution in [0.25, 0.3) is 10.9 Å². The molecule has 0 aliphatic rings. The summed E-state index contributed by atoms with van der Waals surface area (Å²) in [4.78, 5) is 17.5. The topological polar surface area (TPSA) is 60.5 Å². The van der Waals surface area contributed by atoms with Gasteiger partial charge in [-0.3, -0.25) is 9.78 Å². The van der Waals surface area contributed by atoms with Gasteiger partial charge in [0, 0.05) is 18.2 Å². The first kappa shape index (κ1) is 21.2. The third kappa shape index (κ3) is 5.42. The van der Waals surface area contributed by atoms with Gasteiger partial charge in [0.15, 0.2) is 0 Å². The van der Waals surface area contributed by atoms with Crippen LogP contribution in [0.2, 0.25) is 0 Å². The van der Waals surface area contributed by atoms with Gasteiger partial charge in [0.1, 0.15) is 16.9 Å². The predicted molar refractivity (Wildman–Crippen MR) is 110 cm³/mol. The number of anilines is 1. The number of unbranched alkanes of at least 4 members (excludes halogenated alkanes) is 1. The number of rotatable bonds is 11. The van der Waals surface area contributed by atoms with Crippen LogP contribution in [0.15, 0.2) is 30.5 Å². The summed E-state index contributed by atoms with van der Waals surface area (Å²) in [5, 5.41) is 3.94. The largest absolute Gasteiger partial charge is 0.491 e. The molecule has 2 aromatic rings. The van der Waals surface area contributed by atoms with Gasteiger partial charge in [-0.1, -0.05) is 33.6 Å². The normalized spacial score (nSPS) is 13.3. The summed E-state index contributed by atoms with van der Waals surface area (Å²) in [5.41, 5.74) is 0.654. The molecule has 5 nitrogen and oxygen atoms in total. The first-order chi connectivity index (χ1) is 13.1. The minimum atomic E-state index is -0.835. The summed E-state index contributed by atoms with van der Waals surface area (Å²) in [7, 11) is 0. The van der Waals surface area contributed by atoms with E-state index in [-0.39, 0.29) is 5.91 Å². The average Bonchev–Trinajstić information content (AvgIpc) is 2.70. The number of nitrogens with zero attached hydrogens (tertiary/aromatic N) is 1. The Bertz CT molecular complexity index is 737. The van der Waals surface area contributed by atoms with Crippen LogP contribution in [-0.4, -0.2) is 29.7 Å². The quantitative estimate of drug-likeness (QED) is 0.578. The van der Waals surface area contributed by atoms with Gasteiger partial charge in [0.25, 0.3) is 5.91 Å². The molecule has 5 heteroatoms. The monoisotopic (exact) mass is 372 g/mol. The molecule has 1 heterocycles. The SMILES string of the molecule is CCCCC(C)(OCCC)C(=O)Nc1ccc(OCCC)c2ncccc12. The smallest absolute Gasteiger partial charge is 0.256 e. The van der Waals surface area contributed by atoms with E-state index in [1.165, 1.54) is 0 Å². The highest BCUT2D eigenvalue weighted by Crippen LogP contribution is 2.31. The van der Waals surface area contributed by atoms with E-state index in [0.717, 1.165) is 48.0 Å². The number of pyridine rings is 1. The molecule has 0 aliphatic heterocycles. The van der Waals surface area contributed by atoms with Crippen molar-refractivity contribution in [3.8, 4) is 5.75 Å². The van der Waals surface area contributed by atoms with E-state index >= 15 is 0 Å². The van der Waals surface area contributed by atoms with E-state index in [4.69, 9.17) is 9.47 Å². The van der Waals surface area contributed by atoms with Crippen molar-refractivity contribution >= 4 is 22.5 Å². The Labute approximate surface area is 162 Å². The second-order valence-corrected chi connectivity index (χ2v) is 7.00. The van der Waals surface area contributed by atoms with E-state index in [9.17, 15) is 4.79 Å². The summed E-state index contributed by atoms with van der Waals surface area (Å²) >= 11 is 0. The van der Waals surface area contributed by atoms with E-state index in [1.54, 1.807) is 6.20 Å². The van der Waals surface area contributed by atoms with Crippen molar-refractivity contribution in [3.63, 3.8) is 0 Å². The number of hydrogen-bond donors (Lipinski definition) is 1. The average molecular weight is 373 g/mol. The van der Waals surface area contributed by atoms with Crippen LogP contribution in [-0.2, 0) is 9.53 Å². The molecular weight excluding hydrogens is 340 g/mol. The molecule has 0 radical (unpaired) electrons. The van der Waals surface area contributed by atoms with Crippen molar-refractivity contribution in [2.75, 3.05) is 18.5 Å². The third-order valence-electron chi connectivity index (χ3n) is 4.56. The van der Waals surface area contributed by atoms with Crippen molar-refractivity contribution in [3.05, 3.63) is 30.5 Å². The molecule has 1 unspecified atom stereocenters. The molecule has 0 spiro atoms. The Morgan fingerprint density at radius 3 is 2.59 bits per heavy atom. The molecule has 1 N–H and O–H groups in total. The van der Waals surface area contributed by atoms with Gasteiger partial charge in [0.2, 0.25) is 0 Å². The highest BCUT2D eigenvalue weighted by atomic mass is 16.5. The number of nitrogens with one attached hydrogen (secondary N) is 1. The zero-order valence-electron chi connectivity index (χ0n) is 17.0. The Morgan fingerprint density at radius 1 is 1.11 bits per heavy atom. The lowest BCUT2D eigenvalue weighted by molar-refractivity contribution is -0.140. The molecule has 1 aromatic carbocycles. The van der Waals surface area contributed by atoms with Crippen molar-refractivity contribution < 1.29 is 14.3 Å². The number of aromatic nitrogens is 1. The van der Waals surface area contributed by atoms with Crippen molar-refractivity contribution in [2.45, 2.75) is 65.4 Å². The number of ether oxygens (including phenoxy) is 2. The predicted octanol–water partition coefficient (Wildman–Crippen LogP) is 5.34. The van der Waals surface area contributed by atoms with Crippen LogP contribution in [0.4, 0.5) is 5.69 Å². The fourth-order valence-corrected chi connectivity index (χ4v) is 2.93. The maximum absolute atomic E-state index is 13.1. The van der Waals surface area contributed by atoms with Crippen molar-refractivity contribution in [2.24, 2.45) is 0 Å². The molecular formula is C22H32N2O3. The first-order valence-electron chi connectivity index (χ1n) is 10.0. The number of carbonyl (C=O) groups is 1. The van der Waals surface area contributed by atoms with E-state index in [2.05, 4.69) is 24.1 Å². The molecule has 0 aliphatic carbocycles. The van der Waals surface area contributed by atoms with E-state index in [1.807, 2.05) is 38.1 Å². The second-order valence-electron chi connectivity index (χ2n) is 7.00. The zero-order chi connectivity index (χ0) is 19.7. The zero-order valence-corrected chi connectivity index (χ0v) is 17.0. The lowest BCUT2D eigenvalue weighted by atomic mass is 9.97. The first-order valence-corrected chi connectivity index (χ1v) is 10.0. The molecule has 0 saturated carbocycles. The van der Waals surface area contributed by atoms with E-state index < -0.39 is 5.60 Å². The van der Waals surface area contributed by atoms with Crippen LogP contribution in [0.3, 0.4) is 0 Å². The summed E-state index contributed by atoms with van der Waals surface area (Å²) in [6.45, 7) is 9.32. The molecule has 2 rings (SSSR count). The van der Waals surface area contributed by atoms with Gasteiger partial charge in [-0.2, -0.15) is 0 Å². The lowest BCUT2D eigenvalue weighted by Gasteiger charge is -2.29. The van der Waals surface area contributed by atoms with Gasteiger partial charge in [-0.15, -0.1) is 0 Å². The third-order valence-corrected chi connectivity index (χ3v) is 4.56. The van der Waals surface area contributed by atoms with Crippen molar-refractivity contribution in [1.82, 2.24) is 4.98 Å². The van der Waals surface area contributed by atoms with Crippen molar-refractivity contribution in [1.29, 1.82) is 0 Å². The standard InChI is InChI=1S/C22H32N2O3/c1-5-8-13-22(4,27-16-7-3)21(25)24-18-11-12-19(26-15-6-2)20-17(18)10-9-14-23-20/h9-12,14H,5-8,13,15-16H2,1-4H3,(H,24,25). The fraction of sp³-hybridized carbons (Fsp3) is 0.545. The molecule has 1 atom stereocenters. The molecule has 0 bridgehead atoms. The van der Waals surface area contributed by atoms with Crippen LogP contribution in [0.5, 0.6) is 5.75 Å². The van der Waals surface area contributed by atoms with Gasteiger partial charge in [0.05, 0.1) is 12.3 Å². The molecule has 1 amide bonds. The van der Waals surface area contributed by atoms with Crippen LogP contribution in [0, 0.1) is 0 Å². The highest BCUT2D eigenvalue weighted by Gasteiger charge is 2.33. The Morgan fingerprint density at radius 2 is 1.89 bits per heavy atom. The number of fused-ring (bicyclic) bond motifs is 1. The number of benzene rings is 1. The van der Waals surface area contributed by atoms with E-state index in [0.29, 0.717) is 19.6 Å².